The number of alkyl halides is 3. The van der Waals surface area contributed by atoms with Gasteiger partial charge in [-0.05, 0) is 31.2 Å². The molecule has 0 aromatic heterocycles. The third-order valence-corrected chi connectivity index (χ3v) is 5.39. The van der Waals surface area contributed by atoms with E-state index in [4.69, 9.17) is 0 Å². The molecule has 1 atom stereocenters. The van der Waals surface area contributed by atoms with E-state index < -0.39 is 38.5 Å². The number of hydrogen-bond acceptors (Lipinski definition) is 3. The van der Waals surface area contributed by atoms with E-state index in [0.29, 0.717) is 37.7 Å². The molecular formula is C12H15ClF4N2O2S. The van der Waals surface area contributed by atoms with E-state index in [1.54, 1.807) is 0 Å². The van der Waals surface area contributed by atoms with Crippen LogP contribution in [0.1, 0.15) is 12.0 Å². The normalized spacial score (nSPS) is 19.3. The van der Waals surface area contributed by atoms with Crippen LogP contribution in [0.4, 0.5) is 17.6 Å². The van der Waals surface area contributed by atoms with Crippen LogP contribution in [0.2, 0.25) is 0 Å². The van der Waals surface area contributed by atoms with Crippen LogP contribution in [0.5, 0.6) is 0 Å². The zero-order chi connectivity index (χ0) is 15.8. The Morgan fingerprint density at radius 3 is 2.45 bits per heavy atom. The van der Waals surface area contributed by atoms with Gasteiger partial charge in [0.15, 0.2) is 0 Å². The average molecular weight is 363 g/mol. The highest BCUT2D eigenvalue weighted by Crippen LogP contribution is 2.32. The van der Waals surface area contributed by atoms with Crippen LogP contribution < -0.4 is 5.32 Å². The van der Waals surface area contributed by atoms with Crippen LogP contribution in [0.25, 0.3) is 0 Å². The van der Waals surface area contributed by atoms with E-state index in [1.807, 2.05) is 0 Å². The summed E-state index contributed by atoms with van der Waals surface area (Å²) in [4.78, 5) is -0.952. The smallest absolute Gasteiger partial charge is 0.315 e. The molecule has 1 saturated heterocycles. The van der Waals surface area contributed by atoms with Gasteiger partial charge in [-0.2, -0.15) is 17.5 Å². The van der Waals surface area contributed by atoms with Crippen LogP contribution >= 0.6 is 12.4 Å². The van der Waals surface area contributed by atoms with Crippen molar-refractivity contribution >= 4 is 22.4 Å². The van der Waals surface area contributed by atoms with Crippen molar-refractivity contribution in [3.05, 3.63) is 29.6 Å². The summed E-state index contributed by atoms with van der Waals surface area (Å²) in [6.07, 6.45) is -4.21. The summed E-state index contributed by atoms with van der Waals surface area (Å²) < 4.78 is 77.2. The number of benzene rings is 1. The van der Waals surface area contributed by atoms with E-state index >= 15 is 0 Å². The number of halogens is 5. The number of nitrogens with zero attached hydrogens (tertiary/aromatic N) is 1. The molecule has 1 aromatic rings. The van der Waals surface area contributed by atoms with Gasteiger partial charge in [0.05, 0.1) is 5.56 Å². The number of rotatable bonds is 3. The highest BCUT2D eigenvalue weighted by atomic mass is 35.5. The van der Waals surface area contributed by atoms with Gasteiger partial charge in [0.2, 0.25) is 10.0 Å². The molecule has 1 unspecified atom stereocenters. The van der Waals surface area contributed by atoms with Crippen molar-refractivity contribution in [1.82, 2.24) is 9.62 Å². The topological polar surface area (TPSA) is 49.4 Å². The lowest BCUT2D eigenvalue weighted by atomic mass is 10.2. The summed E-state index contributed by atoms with van der Waals surface area (Å²) in [7, 11) is -3.07. The molecule has 22 heavy (non-hydrogen) atoms. The monoisotopic (exact) mass is 362 g/mol. The van der Waals surface area contributed by atoms with Gasteiger partial charge in [-0.1, -0.05) is 0 Å². The fourth-order valence-corrected chi connectivity index (χ4v) is 3.65. The predicted molar refractivity (Wildman–Crippen MR) is 74.9 cm³/mol. The molecule has 126 valence electrons. The van der Waals surface area contributed by atoms with Gasteiger partial charge < -0.3 is 5.32 Å². The maximum Gasteiger partial charge on any atom is 0.416 e. The minimum atomic E-state index is -4.73. The first-order valence-corrected chi connectivity index (χ1v) is 7.63. The molecular weight excluding hydrogens is 348 g/mol. The first kappa shape index (κ1) is 19.1. The molecule has 0 bridgehead atoms. The predicted octanol–water partition coefficient (Wildman–Crippen LogP) is 2.25. The van der Waals surface area contributed by atoms with Crippen molar-refractivity contribution in [3.8, 4) is 0 Å². The van der Waals surface area contributed by atoms with E-state index in [-0.39, 0.29) is 12.4 Å². The summed E-state index contributed by atoms with van der Waals surface area (Å²) in [6.45, 7) is 0.992. The molecule has 1 aliphatic heterocycles. The summed E-state index contributed by atoms with van der Waals surface area (Å²) in [5.74, 6) is -1.19. The molecule has 10 heteroatoms. The van der Waals surface area contributed by atoms with Gasteiger partial charge in [0.25, 0.3) is 0 Å². The van der Waals surface area contributed by atoms with Gasteiger partial charge >= 0.3 is 6.18 Å². The SMILES string of the molecule is CN(C1CCNC1)S(=O)(=O)c1cc(C(F)(F)F)ccc1F.Cl. The third-order valence-electron chi connectivity index (χ3n) is 3.46. The quantitative estimate of drug-likeness (QED) is 0.839. The zero-order valence-corrected chi connectivity index (χ0v) is 13.2. The Bertz CT molecular complexity index is 631. The maximum absolute atomic E-state index is 13.7. The molecule has 0 saturated carbocycles. The fraction of sp³-hybridized carbons (Fsp3) is 0.500. The van der Waals surface area contributed by atoms with Crippen LogP contribution in [0.15, 0.2) is 23.1 Å². The van der Waals surface area contributed by atoms with E-state index in [2.05, 4.69) is 5.32 Å². The van der Waals surface area contributed by atoms with E-state index in [1.165, 1.54) is 7.05 Å². The minimum Gasteiger partial charge on any atom is -0.315 e. The number of hydrogen-bond donors (Lipinski definition) is 1. The van der Waals surface area contributed by atoms with Crippen LogP contribution in [0, 0.1) is 5.82 Å². The molecule has 0 aliphatic carbocycles. The number of likely N-dealkylation sites (N-methyl/N-ethyl adjacent to an activating group) is 1. The van der Waals surface area contributed by atoms with Crippen molar-refractivity contribution in [2.24, 2.45) is 0 Å². The second-order valence-electron chi connectivity index (χ2n) is 4.81. The van der Waals surface area contributed by atoms with Crippen molar-refractivity contribution in [2.45, 2.75) is 23.5 Å². The maximum atomic E-state index is 13.7. The van der Waals surface area contributed by atoms with Crippen molar-refractivity contribution in [3.63, 3.8) is 0 Å². The molecule has 1 fully saturated rings. The summed E-state index contributed by atoms with van der Waals surface area (Å²) in [5, 5.41) is 2.95. The van der Waals surface area contributed by atoms with E-state index in [0.717, 1.165) is 4.31 Å². The standard InChI is InChI=1S/C12H14F4N2O2S.ClH/c1-18(9-4-5-17-7-9)21(19,20)11-6-8(12(14,15)16)2-3-10(11)13;/h2-3,6,9,17H,4-5,7H2,1H3;1H. The lowest BCUT2D eigenvalue weighted by Gasteiger charge is -2.23. The zero-order valence-electron chi connectivity index (χ0n) is 11.5. The second kappa shape index (κ2) is 6.69. The third kappa shape index (κ3) is 3.70. The molecule has 2 rings (SSSR count). The largest absolute Gasteiger partial charge is 0.416 e. The van der Waals surface area contributed by atoms with Gasteiger partial charge in [0, 0.05) is 19.6 Å². The Morgan fingerprint density at radius 1 is 1.32 bits per heavy atom. The molecule has 1 aromatic carbocycles. The Hall–Kier alpha value is -0.900. The molecule has 0 radical (unpaired) electrons. The first-order valence-electron chi connectivity index (χ1n) is 6.19. The molecule has 0 amide bonds. The fourth-order valence-electron chi connectivity index (χ4n) is 2.18. The number of nitrogens with one attached hydrogen (secondary N) is 1. The van der Waals surface area contributed by atoms with Gasteiger partial charge in [-0.3, -0.25) is 0 Å². The van der Waals surface area contributed by atoms with Crippen LogP contribution in [-0.2, 0) is 16.2 Å². The molecule has 1 N–H and O–H groups in total. The lowest BCUT2D eigenvalue weighted by Crippen LogP contribution is -2.38. The highest BCUT2D eigenvalue weighted by Gasteiger charge is 2.36. The lowest BCUT2D eigenvalue weighted by molar-refractivity contribution is -0.137. The second-order valence-corrected chi connectivity index (χ2v) is 6.78. The summed E-state index contributed by atoms with van der Waals surface area (Å²) in [6, 6.07) is 0.981. The average Bonchev–Trinajstić information content (AvgIpc) is 2.90. The highest BCUT2D eigenvalue weighted by molar-refractivity contribution is 7.89. The Balaban J connectivity index is 0.00000242. The Kier molecular flexibility index (Phi) is 5.82. The van der Waals surface area contributed by atoms with Gasteiger partial charge in [-0.25, -0.2) is 12.8 Å². The minimum absolute atomic E-state index is 0. The van der Waals surface area contributed by atoms with Gasteiger partial charge in [0.1, 0.15) is 10.7 Å². The van der Waals surface area contributed by atoms with Gasteiger partial charge in [-0.15, -0.1) is 12.4 Å². The number of sulfonamides is 1. The van der Waals surface area contributed by atoms with Crippen molar-refractivity contribution in [2.75, 3.05) is 20.1 Å². The molecule has 0 spiro atoms. The summed E-state index contributed by atoms with van der Waals surface area (Å²) >= 11 is 0. The Morgan fingerprint density at radius 2 is 1.95 bits per heavy atom. The molecule has 4 nitrogen and oxygen atoms in total. The first-order chi connectivity index (χ1) is 9.64. The van der Waals surface area contributed by atoms with Crippen molar-refractivity contribution in [1.29, 1.82) is 0 Å². The molecule has 1 aliphatic rings. The molecule has 1 heterocycles. The summed E-state index contributed by atoms with van der Waals surface area (Å²) in [5.41, 5.74) is -1.19. The van der Waals surface area contributed by atoms with Crippen molar-refractivity contribution < 1.29 is 26.0 Å². The van der Waals surface area contributed by atoms with Crippen LogP contribution in [-0.4, -0.2) is 38.9 Å². The Labute approximate surface area is 132 Å². The van der Waals surface area contributed by atoms with Crippen LogP contribution in [0.3, 0.4) is 0 Å². The van der Waals surface area contributed by atoms with E-state index in [9.17, 15) is 26.0 Å².